The first kappa shape index (κ1) is 14.4. The number of carbonyl (C=O) groups is 2. The molecular formula is C14H19NO3. The highest BCUT2D eigenvalue weighted by molar-refractivity contribution is 5.84. The van der Waals surface area contributed by atoms with Crippen molar-refractivity contribution >= 4 is 11.7 Å². The van der Waals surface area contributed by atoms with Crippen LogP contribution in [-0.4, -0.2) is 23.4 Å². The van der Waals surface area contributed by atoms with Crippen LogP contribution in [0.5, 0.6) is 0 Å². The van der Waals surface area contributed by atoms with Crippen molar-refractivity contribution in [3.8, 4) is 0 Å². The van der Waals surface area contributed by atoms with Crippen LogP contribution >= 0.6 is 0 Å². The highest BCUT2D eigenvalue weighted by Gasteiger charge is 2.27. The maximum Gasteiger partial charge on any atom is 0.221 e. The van der Waals surface area contributed by atoms with E-state index in [9.17, 15) is 14.7 Å². The minimum absolute atomic E-state index is 0.0180. The molecule has 0 aliphatic rings. The molecular weight excluding hydrogens is 230 g/mol. The zero-order valence-corrected chi connectivity index (χ0v) is 10.8. The zero-order chi connectivity index (χ0) is 13.6. The number of Topliss-reactive ketones (excluding diaryl/α,β-unsaturated/α-hetero) is 1. The first-order valence-electron chi connectivity index (χ1n) is 5.95. The lowest BCUT2D eigenvalue weighted by Crippen LogP contribution is -2.46. The summed E-state index contributed by atoms with van der Waals surface area (Å²) in [7, 11) is 0. The second kappa shape index (κ2) is 6.31. The van der Waals surface area contributed by atoms with Gasteiger partial charge in [-0.05, 0) is 19.4 Å². The van der Waals surface area contributed by atoms with E-state index >= 15 is 0 Å². The summed E-state index contributed by atoms with van der Waals surface area (Å²) in [6.45, 7) is 3.02. The molecule has 0 spiro atoms. The molecule has 0 radical (unpaired) electrons. The van der Waals surface area contributed by atoms with Crippen LogP contribution in [0.2, 0.25) is 0 Å². The Hall–Kier alpha value is -1.68. The van der Waals surface area contributed by atoms with Crippen LogP contribution < -0.4 is 5.32 Å². The summed E-state index contributed by atoms with van der Waals surface area (Å²) in [5.41, 5.74) is 0.0264. The van der Waals surface area contributed by atoms with Crippen molar-refractivity contribution < 1.29 is 14.7 Å². The van der Waals surface area contributed by atoms with Crippen LogP contribution in [0.4, 0.5) is 0 Å². The third kappa shape index (κ3) is 3.96. The Morgan fingerprint density at radius 1 is 1.22 bits per heavy atom. The fraction of sp³-hybridized carbons (Fsp3) is 0.429. The number of nitrogens with one attached hydrogen (secondary N) is 1. The molecule has 1 unspecified atom stereocenters. The topological polar surface area (TPSA) is 66.4 Å². The highest BCUT2D eigenvalue weighted by atomic mass is 16.3. The molecule has 1 atom stereocenters. The quantitative estimate of drug-likeness (QED) is 0.800. The van der Waals surface area contributed by atoms with Crippen LogP contribution in [0.15, 0.2) is 30.3 Å². The van der Waals surface area contributed by atoms with Gasteiger partial charge in [0.2, 0.25) is 5.91 Å². The molecule has 0 fully saturated rings. The van der Waals surface area contributed by atoms with E-state index in [1.807, 2.05) is 30.3 Å². The molecule has 0 aromatic heterocycles. The molecule has 98 valence electrons. The summed E-state index contributed by atoms with van der Waals surface area (Å²) in [6, 6.07) is 9.28. The number of ketones is 1. The van der Waals surface area contributed by atoms with Crippen LogP contribution in [0, 0.1) is 0 Å². The monoisotopic (exact) mass is 249 g/mol. The van der Waals surface area contributed by atoms with Crippen LogP contribution in [-0.2, 0) is 15.1 Å². The number of aliphatic hydroxyl groups excluding tert-OH is 1. The number of rotatable bonds is 6. The summed E-state index contributed by atoms with van der Waals surface area (Å²) in [4.78, 5) is 22.5. The maximum atomic E-state index is 11.7. The van der Waals surface area contributed by atoms with Gasteiger partial charge in [-0.25, -0.2) is 0 Å². The van der Waals surface area contributed by atoms with Crippen LogP contribution in [0.3, 0.4) is 0 Å². The molecule has 0 aliphatic carbocycles. The third-order valence-corrected chi connectivity index (χ3v) is 2.85. The predicted molar refractivity (Wildman–Crippen MR) is 68.9 cm³/mol. The number of amides is 1. The second-order valence-corrected chi connectivity index (χ2v) is 4.61. The Balaban J connectivity index is 2.71. The third-order valence-electron chi connectivity index (χ3n) is 2.85. The molecule has 1 aromatic rings. The van der Waals surface area contributed by atoms with Gasteiger partial charge in [0.15, 0.2) is 0 Å². The molecule has 1 rings (SSSR count). The predicted octanol–water partition coefficient (Wildman–Crippen LogP) is 1.38. The molecule has 0 heterocycles. The van der Waals surface area contributed by atoms with Crippen molar-refractivity contribution in [2.24, 2.45) is 0 Å². The van der Waals surface area contributed by atoms with Gasteiger partial charge in [0, 0.05) is 12.8 Å². The average molecular weight is 249 g/mol. The Kier molecular flexibility index (Phi) is 5.04. The number of hydrogen-bond acceptors (Lipinski definition) is 3. The van der Waals surface area contributed by atoms with Crippen LogP contribution in [0.1, 0.15) is 32.3 Å². The summed E-state index contributed by atoms with van der Waals surface area (Å²) >= 11 is 0. The Morgan fingerprint density at radius 2 is 1.83 bits per heavy atom. The number of carbonyl (C=O) groups excluding carboxylic acids is 2. The molecule has 0 saturated carbocycles. The van der Waals surface area contributed by atoms with Crippen LogP contribution in [0.25, 0.3) is 0 Å². The largest absolute Gasteiger partial charge is 0.394 e. The smallest absolute Gasteiger partial charge is 0.221 e. The Labute approximate surface area is 107 Å². The van der Waals surface area contributed by atoms with Gasteiger partial charge >= 0.3 is 0 Å². The SMILES string of the molecule is CC(=O)CCC(=O)NC(C)(CO)c1ccccc1. The number of hydrogen-bond donors (Lipinski definition) is 2. The van der Waals surface area contributed by atoms with E-state index < -0.39 is 5.54 Å². The van der Waals surface area contributed by atoms with Crippen molar-refractivity contribution in [3.05, 3.63) is 35.9 Å². The molecule has 0 aliphatic heterocycles. The second-order valence-electron chi connectivity index (χ2n) is 4.61. The van der Waals surface area contributed by atoms with E-state index in [1.165, 1.54) is 6.92 Å². The van der Waals surface area contributed by atoms with Crippen molar-refractivity contribution in [2.75, 3.05) is 6.61 Å². The Morgan fingerprint density at radius 3 is 2.33 bits per heavy atom. The molecule has 1 aromatic carbocycles. The molecule has 0 saturated heterocycles. The normalized spacial score (nSPS) is 13.7. The van der Waals surface area contributed by atoms with Gasteiger partial charge in [0.1, 0.15) is 5.78 Å². The lowest BCUT2D eigenvalue weighted by molar-refractivity contribution is -0.126. The Bertz CT molecular complexity index is 416. The average Bonchev–Trinajstić information content (AvgIpc) is 2.37. The zero-order valence-electron chi connectivity index (χ0n) is 10.8. The van der Waals surface area contributed by atoms with Crippen molar-refractivity contribution in [2.45, 2.75) is 32.2 Å². The van der Waals surface area contributed by atoms with E-state index in [-0.39, 0.29) is 31.1 Å². The molecule has 2 N–H and O–H groups in total. The fourth-order valence-corrected chi connectivity index (χ4v) is 1.67. The first-order chi connectivity index (χ1) is 8.48. The van der Waals surface area contributed by atoms with Gasteiger partial charge in [-0.2, -0.15) is 0 Å². The fourth-order valence-electron chi connectivity index (χ4n) is 1.67. The van der Waals surface area contributed by atoms with Crippen molar-refractivity contribution in [1.82, 2.24) is 5.32 Å². The lowest BCUT2D eigenvalue weighted by Gasteiger charge is -2.29. The van der Waals surface area contributed by atoms with E-state index in [0.717, 1.165) is 5.56 Å². The molecule has 4 nitrogen and oxygen atoms in total. The summed E-state index contributed by atoms with van der Waals surface area (Å²) in [5.74, 6) is -0.249. The minimum atomic E-state index is -0.810. The van der Waals surface area contributed by atoms with E-state index in [2.05, 4.69) is 5.32 Å². The minimum Gasteiger partial charge on any atom is -0.394 e. The molecule has 4 heteroatoms. The van der Waals surface area contributed by atoms with Gasteiger partial charge in [-0.1, -0.05) is 30.3 Å². The van der Waals surface area contributed by atoms with Crippen molar-refractivity contribution in [3.63, 3.8) is 0 Å². The first-order valence-corrected chi connectivity index (χ1v) is 5.95. The standard InChI is InChI=1S/C14H19NO3/c1-11(17)8-9-13(18)15-14(2,10-16)12-6-4-3-5-7-12/h3-7,16H,8-10H2,1-2H3,(H,15,18). The summed E-state index contributed by atoms with van der Waals surface area (Å²) in [6.07, 6.45) is 0.375. The van der Waals surface area contributed by atoms with E-state index in [4.69, 9.17) is 0 Å². The highest BCUT2D eigenvalue weighted by Crippen LogP contribution is 2.19. The molecule has 0 bridgehead atoms. The van der Waals surface area contributed by atoms with Gasteiger partial charge in [-0.3, -0.25) is 4.79 Å². The van der Waals surface area contributed by atoms with Gasteiger partial charge in [-0.15, -0.1) is 0 Å². The number of benzene rings is 1. The maximum absolute atomic E-state index is 11.7. The van der Waals surface area contributed by atoms with E-state index in [1.54, 1.807) is 6.92 Å². The summed E-state index contributed by atoms with van der Waals surface area (Å²) in [5, 5.41) is 12.3. The van der Waals surface area contributed by atoms with Gasteiger partial charge in [0.05, 0.1) is 12.1 Å². The van der Waals surface area contributed by atoms with Gasteiger partial charge in [0.25, 0.3) is 0 Å². The van der Waals surface area contributed by atoms with Gasteiger partial charge < -0.3 is 15.2 Å². The van der Waals surface area contributed by atoms with Crippen molar-refractivity contribution in [1.29, 1.82) is 0 Å². The lowest BCUT2D eigenvalue weighted by atomic mass is 9.92. The number of aliphatic hydroxyl groups is 1. The molecule has 1 amide bonds. The van der Waals surface area contributed by atoms with E-state index in [0.29, 0.717) is 0 Å². The molecule has 18 heavy (non-hydrogen) atoms. The summed E-state index contributed by atoms with van der Waals surface area (Å²) < 4.78 is 0.